The summed E-state index contributed by atoms with van der Waals surface area (Å²) in [5.74, 6) is 0.970. The first-order chi connectivity index (χ1) is 15.5. The Kier molecular flexibility index (Phi) is 6.98. The Hall–Kier alpha value is -2.61. The summed E-state index contributed by atoms with van der Waals surface area (Å²) in [5.41, 5.74) is 5.38. The number of aryl methyl sites for hydroxylation is 2. The molecule has 0 aliphatic rings. The predicted molar refractivity (Wildman–Crippen MR) is 135 cm³/mol. The van der Waals surface area contributed by atoms with Gasteiger partial charge in [-0.3, -0.25) is 4.79 Å². The fourth-order valence-electron chi connectivity index (χ4n) is 3.44. The van der Waals surface area contributed by atoms with Crippen LogP contribution in [0.3, 0.4) is 0 Å². The summed E-state index contributed by atoms with van der Waals surface area (Å²) in [6, 6.07) is 15.6. The number of thioether (sulfide) groups is 1. The highest BCUT2D eigenvalue weighted by molar-refractivity contribution is 7.99. The number of aromatic nitrogens is 3. The number of nitrogens with zero attached hydrogens (tertiary/aromatic N) is 3. The maximum absolute atomic E-state index is 12.4. The van der Waals surface area contributed by atoms with E-state index in [-0.39, 0.29) is 11.7 Å². The molecule has 0 unspecified atom stereocenters. The average Bonchev–Trinajstić information content (AvgIpc) is 3.37. The number of carbonyl (C=O) groups is 1. The van der Waals surface area contributed by atoms with E-state index in [2.05, 4.69) is 70.5 Å². The van der Waals surface area contributed by atoms with Gasteiger partial charge in [-0.1, -0.05) is 53.2 Å². The second-order valence-corrected chi connectivity index (χ2v) is 9.80. The number of anilines is 1. The molecule has 0 saturated carbocycles. The van der Waals surface area contributed by atoms with E-state index in [1.807, 2.05) is 0 Å². The standard InChI is InChI=1S/C24H23ClN4OS2/c1-4-29-23(20-13-31-16(3)22(20)17-7-5-15(2)6-8-17)27-28-24(29)32-14-21(30)26-19-11-9-18(25)10-12-19/h5-13H,4,14H2,1-3H3,(H,26,30). The van der Waals surface area contributed by atoms with Crippen LogP contribution in [-0.2, 0) is 11.3 Å². The number of benzene rings is 2. The SMILES string of the molecule is CCn1c(SCC(=O)Nc2ccc(Cl)cc2)nnc1-c1csc(C)c1-c1ccc(C)cc1. The van der Waals surface area contributed by atoms with Crippen LogP contribution in [0.4, 0.5) is 5.69 Å². The van der Waals surface area contributed by atoms with Crippen molar-refractivity contribution in [2.45, 2.75) is 32.5 Å². The van der Waals surface area contributed by atoms with Crippen LogP contribution in [0, 0.1) is 13.8 Å². The van der Waals surface area contributed by atoms with Crippen LogP contribution in [0.15, 0.2) is 59.1 Å². The fraction of sp³-hybridized carbons (Fsp3) is 0.208. The van der Waals surface area contributed by atoms with E-state index in [4.69, 9.17) is 11.6 Å². The first-order valence-electron chi connectivity index (χ1n) is 10.2. The lowest BCUT2D eigenvalue weighted by Crippen LogP contribution is -2.14. The summed E-state index contributed by atoms with van der Waals surface area (Å²) in [5, 5.41) is 15.3. The van der Waals surface area contributed by atoms with E-state index in [0.717, 1.165) is 16.5 Å². The first kappa shape index (κ1) is 22.6. The van der Waals surface area contributed by atoms with Crippen LogP contribution in [0.2, 0.25) is 5.02 Å². The smallest absolute Gasteiger partial charge is 0.234 e. The van der Waals surface area contributed by atoms with Crippen LogP contribution in [0.1, 0.15) is 17.4 Å². The van der Waals surface area contributed by atoms with Gasteiger partial charge in [-0.15, -0.1) is 21.5 Å². The second kappa shape index (κ2) is 9.90. The number of hydrogen-bond acceptors (Lipinski definition) is 5. The van der Waals surface area contributed by atoms with Gasteiger partial charge in [0.05, 0.1) is 5.75 Å². The summed E-state index contributed by atoms with van der Waals surface area (Å²) in [6.45, 7) is 7.00. The molecule has 1 N–H and O–H groups in total. The van der Waals surface area contributed by atoms with Crippen LogP contribution in [-0.4, -0.2) is 26.4 Å². The summed E-state index contributed by atoms with van der Waals surface area (Å²) >= 11 is 9.00. The third kappa shape index (κ3) is 4.90. The van der Waals surface area contributed by atoms with Gasteiger partial charge >= 0.3 is 0 Å². The Morgan fingerprint density at radius 1 is 1.09 bits per heavy atom. The van der Waals surface area contributed by atoms with Gasteiger partial charge in [0.2, 0.25) is 5.91 Å². The van der Waals surface area contributed by atoms with Crippen molar-refractivity contribution in [1.29, 1.82) is 0 Å². The zero-order chi connectivity index (χ0) is 22.7. The minimum atomic E-state index is -0.101. The fourth-order valence-corrected chi connectivity index (χ4v) is 5.23. The molecule has 0 bridgehead atoms. The van der Waals surface area contributed by atoms with Gasteiger partial charge in [-0.25, -0.2) is 0 Å². The molecular formula is C24H23ClN4OS2. The molecule has 2 aromatic carbocycles. The molecule has 2 heterocycles. The average molecular weight is 483 g/mol. The lowest BCUT2D eigenvalue weighted by Gasteiger charge is -2.10. The summed E-state index contributed by atoms with van der Waals surface area (Å²) in [4.78, 5) is 13.6. The summed E-state index contributed by atoms with van der Waals surface area (Å²) < 4.78 is 2.07. The Labute approximate surface area is 200 Å². The Bertz CT molecular complexity index is 1230. The van der Waals surface area contributed by atoms with Crippen LogP contribution in [0.5, 0.6) is 0 Å². The molecule has 4 aromatic rings. The lowest BCUT2D eigenvalue weighted by atomic mass is 10.0. The van der Waals surface area contributed by atoms with Gasteiger partial charge in [0, 0.05) is 38.6 Å². The van der Waals surface area contributed by atoms with Crippen LogP contribution >= 0.6 is 34.7 Å². The molecule has 4 rings (SSSR count). The number of rotatable bonds is 7. The van der Waals surface area contributed by atoms with Gasteiger partial charge in [0.1, 0.15) is 0 Å². The van der Waals surface area contributed by atoms with Crippen molar-refractivity contribution in [3.8, 4) is 22.5 Å². The minimum Gasteiger partial charge on any atom is -0.325 e. The van der Waals surface area contributed by atoms with Gasteiger partial charge in [0.25, 0.3) is 0 Å². The highest BCUT2D eigenvalue weighted by Crippen LogP contribution is 2.39. The lowest BCUT2D eigenvalue weighted by molar-refractivity contribution is -0.113. The summed E-state index contributed by atoms with van der Waals surface area (Å²) in [6.07, 6.45) is 0. The molecular weight excluding hydrogens is 460 g/mol. The largest absolute Gasteiger partial charge is 0.325 e. The molecule has 0 fully saturated rings. The number of amides is 1. The van der Waals surface area contributed by atoms with Crippen molar-refractivity contribution in [3.63, 3.8) is 0 Å². The zero-order valence-electron chi connectivity index (χ0n) is 18.1. The number of carbonyl (C=O) groups excluding carboxylic acids is 1. The van der Waals surface area contributed by atoms with Gasteiger partial charge in [-0.05, 0) is 50.6 Å². The van der Waals surface area contributed by atoms with Crippen LogP contribution < -0.4 is 5.32 Å². The Morgan fingerprint density at radius 2 is 1.81 bits per heavy atom. The van der Waals surface area contributed by atoms with Crippen molar-refractivity contribution < 1.29 is 4.79 Å². The number of halogens is 1. The number of thiophene rings is 1. The highest BCUT2D eigenvalue weighted by atomic mass is 35.5. The molecule has 0 radical (unpaired) electrons. The molecule has 8 heteroatoms. The molecule has 0 atom stereocenters. The maximum atomic E-state index is 12.4. The molecule has 164 valence electrons. The van der Waals surface area contributed by atoms with Gasteiger partial charge in [-0.2, -0.15) is 0 Å². The Morgan fingerprint density at radius 3 is 2.50 bits per heavy atom. The number of hydrogen-bond donors (Lipinski definition) is 1. The molecule has 0 spiro atoms. The normalized spacial score (nSPS) is 11.0. The van der Waals surface area contributed by atoms with Crippen molar-refractivity contribution in [3.05, 3.63) is 69.4 Å². The molecule has 0 saturated heterocycles. The minimum absolute atomic E-state index is 0.101. The second-order valence-electron chi connectivity index (χ2n) is 7.34. The third-order valence-electron chi connectivity index (χ3n) is 5.05. The molecule has 5 nitrogen and oxygen atoms in total. The van der Waals surface area contributed by atoms with E-state index in [9.17, 15) is 4.79 Å². The predicted octanol–water partition coefficient (Wildman–Crippen LogP) is 6.69. The molecule has 0 aliphatic carbocycles. The zero-order valence-corrected chi connectivity index (χ0v) is 20.4. The van der Waals surface area contributed by atoms with E-state index in [1.54, 1.807) is 35.6 Å². The van der Waals surface area contributed by atoms with Crippen LogP contribution in [0.25, 0.3) is 22.5 Å². The molecule has 32 heavy (non-hydrogen) atoms. The Balaban J connectivity index is 1.54. The molecule has 0 aliphatic heterocycles. The van der Waals surface area contributed by atoms with Crippen molar-refractivity contribution >= 4 is 46.3 Å². The summed E-state index contributed by atoms with van der Waals surface area (Å²) in [7, 11) is 0. The first-order valence-corrected chi connectivity index (χ1v) is 12.5. The quantitative estimate of drug-likeness (QED) is 0.298. The molecule has 2 aromatic heterocycles. The monoisotopic (exact) mass is 482 g/mol. The van der Waals surface area contributed by atoms with E-state index < -0.39 is 0 Å². The van der Waals surface area contributed by atoms with E-state index in [1.165, 1.54) is 33.3 Å². The maximum Gasteiger partial charge on any atom is 0.234 e. The van der Waals surface area contributed by atoms with Crippen molar-refractivity contribution in [2.24, 2.45) is 0 Å². The number of nitrogens with one attached hydrogen (secondary N) is 1. The van der Waals surface area contributed by atoms with Gasteiger partial charge < -0.3 is 9.88 Å². The molecule has 1 amide bonds. The topological polar surface area (TPSA) is 59.8 Å². The van der Waals surface area contributed by atoms with Crippen molar-refractivity contribution in [1.82, 2.24) is 14.8 Å². The highest BCUT2D eigenvalue weighted by Gasteiger charge is 2.20. The van der Waals surface area contributed by atoms with E-state index in [0.29, 0.717) is 17.3 Å². The van der Waals surface area contributed by atoms with Crippen molar-refractivity contribution in [2.75, 3.05) is 11.1 Å². The van der Waals surface area contributed by atoms with E-state index >= 15 is 0 Å². The van der Waals surface area contributed by atoms with Gasteiger partial charge in [0.15, 0.2) is 11.0 Å². The third-order valence-corrected chi connectivity index (χ3v) is 7.18.